The molecule has 25 heavy (non-hydrogen) atoms. The number of nitrogens with one attached hydrogen (secondary N) is 2. The van der Waals surface area contributed by atoms with Crippen molar-refractivity contribution in [2.45, 2.75) is 52.2 Å². The Bertz CT molecular complexity index is 487. The zero-order chi connectivity index (χ0) is 19.0. The SMILES string of the molecule is CCC(=O)N1CCC(NC(=NC)NCCN(C)C(=O)OC(C)(C)C)C1. The predicted octanol–water partition coefficient (Wildman–Crippen LogP) is 1.03. The quantitative estimate of drug-likeness (QED) is 0.568. The van der Waals surface area contributed by atoms with Crippen molar-refractivity contribution in [3.8, 4) is 0 Å². The van der Waals surface area contributed by atoms with Crippen LogP contribution in [0.3, 0.4) is 0 Å². The van der Waals surface area contributed by atoms with Crippen LogP contribution in [0.5, 0.6) is 0 Å². The van der Waals surface area contributed by atoms with Crippen molar-refractivity contribution in [3.63, 3.8) is 0 Å². The van der Waals surface area contributed by atoms with Gasteiger partial charge in [0.1, 0.15) is 5.60 Å². The minimum atomic E-state index is -0.499. The number of nitrogens with zero attached hydrogens (tertiary/aromatic N) is 3. The molecule has 0 aliphatic carbocycles. The van der Waals surface area contributed by atoms with Crippen LogP contribution >= 0.6 is 0 Å². The molecule has 0 aromatic rings. The van der Waals surface area contributed by atoms with Gasteiger partial charge >= 0.3 is 6.09 Å². The van der Waals surface area contributed by atoms with Crippen molar-refractivity contribution in [2.24, 2.45) is 4.99 Å². The van der Waals surface area contributed by atoms with Crippen LogP contribution < -0.4 is 10.6 Å². The number of hydrogen-bond donors (Lipinski definition) is 2. The van der Waals surface area contributed by atoms with Crippen molar-refractivity contribution in [2.75, 3.05) is 40.3 Å². The van der Waals surface area contributed by atoms with Crippen LogP contribution in [0.15, 0.2) is 4.99 Å². The summed E-state index contributed by atoms with van der Waals surface area (Å²) in [7, 11) is 3.41. The molecule has 1 atom stereocenters. The van der Waals surface area contributed by atoms with Gasteiger partial charge in [-0.25, -0.2) is 4.79 Å². The standard InChI is InChI=1S/C17H33N5O3/c1-7-14(23)22-10-8-13(12-22)20-15(18-5)19-9-11-21(6)16(24)25-17(2,3)4/h13H,7-12H2,1-6H3,(H2,18,19,20). The normalized spacial score (nSPS) is 18.1. The lowest BCUT2D eigenvalue weighted by Gasteiger charge is -2.25. The molecule has 8 heteroatoms. The van der Waals surface area contributed by atoms with E-state index in [4.69, 9.17) is 4.74 Å². The van der Waals surface area contributed by atoms with Crippen molar-refractivity contribution < 1.29 is 14.3 Å². The Morgan fingerprint density at radius 3 is 2.60 bits per heavy atom. The van der Waals surface area contributed by atoms with Gasteiger partial charge in [-0.2, -0.15) is 0 Å². The summed E-state index contributed by atoms with van der Waals surface area (Å²) < 4.78 is 5.31. The maximum absolute atomic E-state index is 11.9. The third kappa shape index (κ3) is 7.62. The number of likely N-dealkylation sites (tertiary alicyclic amines) is 1. The summed E-state index contributed by atoms with van der Waals surface area (Å²) >= 11 is 0. The van der Waals surface area contributed by atoms with E-state index in [0.717, 1.165) is 13.0 Å². The monoisotopic (exact) mass is 355 g/mol. The molecule has 2 N–H and O–H groups in total. The van der Waals surface area contributed by atoms with Crippen LogP contribution in [0.25, 0.3) is 0 Å². The number of guanidine groups is 1. The van der Waals surface area contributed by atoms with E-state index in [1.165, 1.54) is 4.90 Å². The Morgan fingerprint density at radius 1 is 1.36 bits per heavy atom. The van der Waals surface area contributed by atoms with Gasteiger partial charge in [0.2, 0.25) is 5.91 Å². The van der Waals surface area contributed by atoms with Crippen molar-refractivity contribution >= 4 is 18.0 Å². The number of rotatable bonds is 5. The lowest BCUT2D eigenvalue weighted by Crippen LogP contribution is -2.47. The second kappa shape index (κ2) is 9.48. The highest BCUT2D eigenvalue weighted by atomic mass is 16.6. The van der Waals surface area contributed by atoms with Crippen LogP contribution in [-0.2, 0) is 9.53 Å². The Kier molecular flexibility index (Phi) is 7.99. The van der Waals surface area contributed by atoms with E-state index >= 15 is 0 Å². The summed E-state index contributed by atoms with van der Waals surface area (Å²) in [4.78, 5) is 31.2. The third-order valence-electron chi connectivity index (χ3n) is 3.85. The Labute approximate surface area is 151 Å². The first kappa shape index (κ1) is 21.1. The fourth-order valence-electron chi connectivity index (χ4n) is 2.49. The molecule has 0 radical (unpaired) electrons. The van der Waals surface area contributed by atoms with Crippen LogP contribution in [0, 0.1) is 0 Å². The van der Waals surface area contributed by atoms with E-state index in [9.17, 15) is 9.59 Å². The van der Waals surface area contributed by atoms with Gasteiger partial charge in [-0.3, -0.25) is 9.79 Å². The Balaban J connectivity index is 2.33. The minimum absolute atomic E-state index is 0.186. The molecule has 1 saturated heterocycles. The lowest BCUT2D eigenvalue weighted by molar-refractivity contribution is -0.129. The van der Waals surface area contributed by atoms with Crippen LogP contribution in [-0.4, -0.2) is 79.7 Å². The third-order valence-corrected chi connectivity index (χ3v) is 3.85. The highest BCUT2D eigenvalue weighted by molar-refractivity contribution is 5.80. The molecule has 1 aliphatic rings. The van der Waals surface area contributed by atoms with E-state index in [1.54, 1.807) is 14.1 Å². The first-order chi connectivity index (χ1) is 11.7. The molecule has 1 rings (SSSR count). The summed E-state index contributed by atoms with van der Waals surface area (Å²) in [5.41, 5.74) is -0.499. The molecule has 1 aliphatic heterocycles. The summed E-state index contributed by atoms with van der Waals surface area (Å²) in [6.45, 7) is 9.95. The largest absolute Gasteiger partial charge is 0.444 e. The lowest BCUT2D eigenvalue weighted by atomic mass is 10.2. The van der Waals surface area contributed by atoms with Crippen molar-refractivity contribution in [1.82, 2.24) is 20.4 Å². The van der Waals surface area contributed by atoms with Gasteiger partial charge in [0.25, 0.3) is 0 Å². The van der Waals surface area contributed by atoms with Gasteiger partial charge in [0.15, 0.2) is 5.96 Å². The van der Waals surface area contributed by atoms with Crippen LogP contribution in [0.2, 0.25) is 0 Å². The maximum Gasteiger partial charge on any atom is 0.410 e. The average Bonchev–Trinajstić information content (AvgIpc) is 2.99. The molecule has 0 saturated carbocycles. The first-order valence-corrected chi connectivity index (χ1v) is 8.85. The summed E-state index contributed by atoms with van der Waals surface area (Å²) in [5.74, 6) is 0.861. The molecule has 0 aromatic heterocycles. The van der Waals surface area contributed by atoms with Gasteiger partial charge in [0, 0.05) is 52.7 Å². The van der Waals surface area contributed by atoms with Gasteiger partial charge in [-0.15, -0.1) is 0 Å². The molecule has 1 fully saturated rings. The molecule has 2 amide bonds. The van der Waals surface area contributed by atoms with E-state index < -0.39 is 5.60 Å². The molecular weight excluding hydrogens is 322 g/mol. The fraction of sp³-hybridized carbons (Fsp3) is 0.824. The number of carbonyl (C=O) groups excluding carboxylic acids is 2. The topological polar surface area (TPSA) is 86.3 Å². The number of hydrogen-bond acceptors (Lipinski definition) is 4. The molecule has 0 aromatic carbocycles. The zero-order valence-corrected chi connectivity index (χ0v) is 16.4. The highest BCUT2D eigenvalue weighted by Crippen LogP contribution is 2.10. The highest BCUT2D eigenvalue weighted by Gasteiger charge is 2.25. The molecule has 1 heterocycles. The Hall–Kier alpha value is -1.99. The fourth-order valence-corrected chi connectivity index (χ4v) is 2.49. The summed E-state index contributed by atoms with van der Waals surface area (Å²) in [6, 6.07) is 0.199. The van der Waals surface area contributed by atoms with Crippen LogP contribution in [0.4, 0.5) is 4.79 Å². The minimum Gasteiger partial charge on any atom is -0.444 e. The Morgan fingerprint density at radius 2 is 2.04 bits per heavy atom. The predicted molar refractivity (Wildman–Crippen MR) is 98.6 cm³/mol. The van der Waals surface area contributed by atoms with Crippen LogP contribution in [0.1, 0.15) is 40.5 Å². The maximum atomic E-state index is 11.9. The number of ether oxygens (including phenoxy) is 1. The molecule has 144 valence electrons. The molecule has 0 spiro atoms. The molecule has 0 bridgehead atoms. The van der Waals surface area contributed by atoms with Gasteiger partial charge in [0.05, 0.1) is 0 Å². The van der Waals surface area contributed by atoms with Gasteiger partial charge < -0.3 is 25.2 Å². The number of carbonyl (C=O) groups is 2. The van der Waals surface area contributed by atoms with Gasteiger partial charge in [-0.05, 0) is 27.2 Å². The smallest absolute Gasteiger partial charge is 0.410 e. The average molecular weight is 355 g/mol. The second-order valence-corrected chi connectivity index (χ2v) is 7.22. The van der Waals surface area contributed by atoms with Crippen molar-refractivity contribution in [3.05, 3.63) is 0 Å². The zero-order valence-electron chi connectivity index (χ0n) is 16.4. The summed E-state index contributed by atoms with van der Waals surface area (Å²) in [5, 5.41) is 6.52. The van der Waals surface area contributed by atoms with Gasteiger partial charge in [-0.1, -0.05) is 6.92 Å². The number of aliphatic imine (C=N–C) groups is 1. The second-order valence-electron chi connectivity index (χ2n) is 7.22. The first-order valence-electron chi connectivity index (χ1n) is 8.85. The van der Waals surface area contributed by atoms with E-state index in [-0.39, 0.29) is 18.0 Å². The van der Waals surface area contributed by atoms with E-state index in [2.05, 4.69) is 15.6 Å². The summed E-state index contributed by atoms with van der Waals surface area (Å²) in [6.07, 6.45) is 1.10. The molecule has 8 nitrogen and oxygen atoms in total. The number of likely N-dealkylation sites (N-methyl/N-ethyl adjacent to an activating group) is 1. The van der Waals surface area contributed by atoms with E-state index in [0.29, 0.717) is 32.0 Å². The molecule has 1 unspecified atom stereocenters. The molecular formula is C17H33N5O3. The van der Waals surface area contributed by atoms with Crippen molar-refractivity contribution in [1.29, 1.82) is 0 Å². The van der Waals surface area contributed by atoms with E-state index in [1.807, 2.05) is 32.6 Å². The number of amides is 2.